The number of amides is 4. The Morgan fingerprint density at radius 1 is 0.810 bits per heavy atom. The predicted octanol–water partition coefficient (Wildman–Crippen LogP) is 2.27. The number of nitrogens with one attached hydrogen (secondary N) is 3. The summed E-state index contributed by atoms with van der Waals surface area (Å²) < 4.78 is 18.7. The number of likely N-dealkylation sites (tertiary alicyclic amines) is 1. The van der Waals surface area contributed by atoms with Gasteiger partial charge in [-0.1, -0.05) is 12.2 Å². The maximum absolute atomic E-state index is 13.8. The van der Waals surface area contributed by atoms with Crippen LogP contribution in [0.15, 0.2) is 42.5 Å². The Balaban J connectivity index is 1.15. The lowest BCUT2D eigenvalue weighted by Gasteiger charge is -2.56. The van der Waals surface area contributed by atoms with Gasteiger partial charge in [-0.05, 0) is 58.0 Å². The van der Waals surface area contributed by atoms with E-state index in [1.165, 1.54) is 23.9 Å². The minimum atomic E-state index is -0.679. The summed E-state index contributed by atoms with van der Waals surface area (Å²) in [4.78, 5) is 64.3. The number of rotatable bonds is 17. The lowest BCUT2D eigenvalue weighted by molar-refractivity contribution is -0.0440. The molecule has 21 nitrogen and oxygen atoms in total. The highest BCUT2D eigenvalue weighted by molar-refractivity contribution is 6.07. The lowest BCUT2D eigenvalue weighted by atomic mass is 9.74. The van der Waals surface area contributed by atoms with Gasteiger partial charge in [-0.3, -0.25) is 44.1 Å². The fourth-order valence-corrected chi connectivity index (χ4v) is 8.32. The first-order valence-electron chi connectivity index (χ1n) is 20.7. The average Bonchev–Trinajstić information content (AvgIpc) is 3.96. The first kappa shape index (κ1) is 42.4. The zero-order valence-corrected chi connectivity index (χ0v) is 35.8. The van der Waals surface area contributed by atoms with Gasteiger partial charge < -0.3 is 41.1 Å². The number of imidazole rings is 2. The molecule has 9 N–H and O–H groups in total. The third-order valence-electron chi connectivity index (χ3n) is 11.5. The van der Waals surface area contributed by atoms with Crippen molar-refractivity contribution in [1.29, 1.82) is 0 Å². The molecule has 8 rings (SSSR count). The first-order valence-corrected chi connectivity index (χ1v) is 20.7. The zero-order chi connectivity index (χ0) is 44.7. The van der Waals surface area contributed by atoms with Gasteiger partial charge in [0.25, 0.3) is 11.8 Å². The van der Waals surface area contributed by atoms with Crippen LogP contribution in [0.1, 0.15) is 66.9 Å². The van der Waals surface area contributed by atoms with E-state index < -0.39 is 23.6 Å². The predicted molar refractivity (Wildman–Crippen MR) is 235 cm³/mol. The molecular weight excluding hydrogens is 811 g/mol. The number of benzene rings is 2. The van der Waals surface area contributed by atoms with Crippen LogP contribution in [0.25, 0.3) is 22.1 Å². The normalized spacial score (nSPS) is 14.6. The quantitative estimate of drug-likeness (QED) is 0.0720. The van der Waals surface area contributed by atoms with Crippen LogP contribution in [0.4, 0.5) is 17.6 Å². The van der Waals surface area contributed by atoms with Crippen LogP contribution in [-0.2, 0) is 26.2 Å². The largest absolute Gasteiger partial charge is 0.494 e. The van der Waals surface area contributed by atoms with Crippen molar-refractivity contribution in [3.8, 4) is 11.5 Å². The van der Waals surface area contributed by atoms with E-state index in [0.29, 0.717) is 82.3 Å². The summed E-state index contributed by atoms with van der Waals surface area (Å²) in [5.41, 5.74) is 22.1. The number of aromatic nitrogens is 8. The monoisotopic (exact) mass is 861 g/mol. The van der Waals surface area contributed by atoms with E-state index in [1.54, 1.807) is 38.9 Å². The molecule has 63 heavy (non-hydrogen) atoms. The van der Waals surface area contributed by atoms with E-state index >= 15 is 0 Å². The number of hydrogen-bond acceptors (Lipinski definition) is 13. The Morgan fingerprint density at radius 2 is 1.38 bits per heavy atom. The molecule has 2 aliphatic rings. The van der Waals surface area contributed by atoms with Gasteiger partial charge >= 0.3 is 0 Å². The molecule has 0 aliphatic carbocycles. The van der Waals surface area contributed by atoms with E-state index in [4.69, 9.17) is 36.6 Å². The highest BCUT2D eigenvalue weighted by Crippen LogP contribution is 2.35. The number of carbonyl (C=O) groups excluding carboxylic acids is 4. The summed E-state index contributed by atoms with van der Waals surface area (Å²) in [6.45, 7) is 13.5. The number of hydrogen-bond donors (Lipinski definition) is 6. The molecule has 0 radical (unpaired) electrons. The van der Waals surface area contributed by atoms with E-state index in [-0.39, 0.29) is 47.5 Å². The molecular formula is C42H51N15O6. The van der Waals surface area contributed by atoms with E-state index in [2.05, 4.69) is 31.0 Å². The number of fused-ring (bicyclic) bond motifs is 2. The van der Waals surface area contributed by atoms with Crippen molar-refractivity contribution in [1.82, 2.24) is 48.9 Å². The second kappa shape index (κ2) is 16.9. The Labute approximate surface area is 361 Å². The van der Waals surface area contributed by atoms with Crippen LogP contribution in [0, 0.1) is 19.3 Å². The van der Waals surface area contributed by atoms with Gasteiger partial charge in [-0.2, -0.15) is 10.2 Å². The van der Waals surface area contributed by atoms with Crippen molar-refractivity contribution in [2.45, 2.75) is 53.9 Å². The van der Waals surface area contributed by atoms with E-state index in [1.807, 2.05) is 32.9 Å². The molecule has 6 aromatic rings. The number of ether oxygens (including phenoxy) is 2. The smallest absolute Gasteiger partial charge is 0.278 e. The SMILES string of the molecule is CCn1nc(C)cc1C(=O)Nc1nc2cc(C(N)=O)cc(OCCN3CC4(CNC4)C3)c2n1C/C=C/Cn1c(NC(=O)c2c(N)c(C)nn2CC)nc2cc(C(N)=O)cc(OC)c21. The minimum absolute atomic E-state index is 0.140. The van der Waals surface area contributed by atoms with Crippen LogP contribution in [0.3, 0.4) is 0 Å². The summed E-state index contributed by atoms with van der Waals surface area (Å²) in [7, 11) is 1.46. The summed E-state index contributed by atoms with van der Waals surface area (Å²) in [6.07, 6.45) is 3.69. The van der Waals surface area contributed by atoms with Gasteiger partial charge in [0, 0.05) is 75.4 Å². The fourth-order valence-electron chi connectivity index (χ4n) is 8.32. The van der Waals surface area contributed by atoms with Crippen molar-refractivity contribution in [3.05, 3.63) is 76.4 Å². The number of anilines is 3. The standard InChI is InChI=1S/C42H51N15O6/c1-6-56-29(14-23(3)51-56)38(60)49-40-48-28-16-26(37(45)59)18-31(63-13-12-53-21-42(22-53)19-46-20-42)34(28)55(40)11-9-8-10-54-33-27(15-25(36(44)58)17-30(33)62-5)47-41(54)50-39(61)35-32(43)24(4)52-57(35)7-2/h8-9,14-18,46H,6-7,10-13,19-22,43H2,1-5H3,(H2,44,58)(H2,45,59)(H,47,50,61)(H,48,49,60)/b9-8+. The van der Waals surface area contributed by atoms with Crippen molar-refractivity contribution >= 4 is 63.3 Å². The molecule has 4 amide bonds. The van der Waals surface area contributed by atoms with Gasteiger partial charge in [0.2, 0.25) is 23.7 Å². The van der Waals surface area contributed by atoms with Crippen molar-refractivity contribution < 1.29 is 28.7 Å². The van der Waals surface area contributed by atoms with Crippen LogP contribution in [-0.4, -0.2) is 114 Å². The highest BCUT2D eigenvalue weighted by atomic mass is 16.5. The van der Waals surface area contributed by atoms with Gasteiger partial charge in [0.05, 0.1) is 35.2 Å². The Hall–Kier alpha value is -7.26. The third-order valence-corrected chi connectivity index (χ3v) is 11.5. The maximum atomic E-state index is 13.8. The third kappa shape index (κ3) is 8.03. The van der Waals surface area contributed by atoms with Crippen LogP contribution in [0.5, 0.6) is 11.5 Å². The number of nitrogen functional groups attached to an aromatic ring is 1. The summed E-state index contributed by atoms with van der Waals surface area (Å²) >= 11 is 0. The van der Waals surface area contributed by atoms with E-state index in [9.17, 15) is 19.2 Å². The Kier molecular flexibility index (Phi) is 11.4. The molecule has 2 saturated heterocycles. The summed E-state index contributed by atoms with van der Waals surface area (Å²) in [6, 6.07) is 7.90. The first-order chi connectivity index (χ1) is 30.2. The molecule has 21 heteroatoms. The molecule has 0 saturated carbocycles. The van der Waals surface area contributed by atoms with Gasteiger partial charge in [-0.25, -0.2) is 9.97 Å². The molecule has 4 aromatic heterocycles. The number of primary amides is 2. The number of nitrogens with zero attached hydrogens (tertiary/aromatic N) is 9. The molecule has 6 heterocycles. The van der Waals surface area contributed by atoms with Crippen LogP contribution >= 0.6 is 0 Å². The molecule has 2 aliphatic heterocycles. The van der Waals surface area contributed by atoms with Crippen LogP contribution < -0.4 is 42.6 Å². The number of methoxy groups -OCH3 is 1. The van der Waals surface area contributed by atoms with Gasteiger partial charge in [0.1, 0.15) is 40.5 Å². The Morgan fingerprint density at radius 3 is 1.92 bits per heavy atom. The lowest BCUT2D eigenvalue weighted by Crippen LogP contribution is -2.71. The number of carbonyl (C=O) groups is 4. The molecule has 330 valence electrons. The van der Waals surface area contributed by atoms with Crippen LogP contribution in [0.2, 0.25) is 0 Å². The second-order valence-corrected chi connectivity index (χ2v) is 15.9. The highest BCUT2D eigenvalue weighted by Gasteiger charge is 2.47. The summed E-state index contributed by atoms with van der Waals surface area (Å²) in [5.74, 6) is -1.30. The maximum Gasteiger partial charge on any atom is 0.278 e. The molecule has 0 bridgehead atoms. The Bertz CT molecular complexity index is 2820. The van der Waals surface area contributed by atoms with Crippen molar-refractivity contribution in [3.63, 3.8) is 0 Å². The molecule has 2 fully saturated rings. The zero-order valence-electron chi connectivity index (χ0n) is 35.8. The molecule has 0 atom stereocenters. The van der Waals surface area contributed by atoms with Crippen molar-refractivity contribution in [2.75, 3.05) is 62.8 Å². The molecule has 0 unspecified atom stereocenters. The number of allylic oxidation sites excluding steroid dienone is 2. The van der Waals surface area contributed by atoms with Crippen molar-refractivity contribution in [2.24, 2.45) is 16.9 Å². The van der Waals surface area contributed by atoms with Gasteiger partial charge in [-0.15, -0.1) is 0 Å². The summed E-state index contributed by atoms with van der Waals surface area (Å²) in [5, 5.41) is 18.0. The fraction of sp³-hybridized carbons (Fsp3) is 0.381. The topological polar surface area (TPSA) is 275 Å². The molecule has 1 spiro atoms. The van der Waals surface area contributed by atoms with E-state index in [0.717, 1.165) is 26.2 Å². The molecule has 2 aromatic carbocycles. The van der Waals surface area contributed by atoms with Gasteiger partial charge in [0.15, 0.2) is 0 Å². The average molecular weight is 862 g/mol. The number of aryl methyl sites for hydroxylation is 4. The second-order valence-electron chi connectivity index (χ2n) is 15.9. The minimum Gasteiger partial charge on any atom is -0.494 e. The number of nitrogens with two attached hydrogens (primary N) is 3.